The first-order valence-corrected chi connectivity index (χ1v) is 6.29. The maximum atomic E-state index is 5.64. The van der Waals surface area contributed by atoms with Gasteiger partial charge >= 0.3 is 0 Å². The largest absolute Gasteiger partial charge is 0.427 e. The molecule has 0 saturated carbocycles. The van der Waals surface area contributed by atoms with Crippen molar-refractivity contribution in [3.8, 4) is 0 Å². The van der Waals surface area contributed by atoms with E-state index in [9.17, 15) is 0 Å². The average Bonchev–Trinajstić information content (AvgIpc) is 2.15. The van der Waals surface area contributed by atoms with Crippen molar-refractivity contribution in [1.82, 2.24) is 0 Å². The summed E-state index contributed by atoms with van der Waals surface area (Å²) in [5.41, 5.74) is 5.64. The van der Waals surface area contributed by atoms with E-state index in [-0.39, 0.29) is 0 Å². The molecule has 0 aliphatic rings. The van der Waals surface area contributed by atoms with Gasteiger partial charge in [0, 0.05) is 32.9 Å². The van der Waals surface area contributed by atoms with Gasteiger partial charge in [0.2, 0.25) is 0 Å². The number of rotatable bonds is 8. The molecule has 0 aromatic carbocycles. The van der Waals surface area contributed by atoms with Crippen molar-refractivity contribution in [3.05, 3.63) is 0 Å². The van der Waals surface area contributed by atoms with Crippen molar-refractivity contribution in [2.45, 2.75) is 25.7 Å². The molecule has 0 heterocycles. The molecule has 4 nitrogen and oxygen atoms in total. The van der Waals surface area contributed by atoms with Crippen molar-refractivity contribution in [1.29, 1.82) is 0 Å². The standard InChI is InChI=1S/C8H21NO3Si/c1-4-11-8(6-9,12-5-2)7-13-10-3/h4-7,9,13H2,1-3H3. The van der Waals surface area contributed by atoms with E-state index < -0.39 is 15.6 Å². The number of hydrogen-bond donors (Lipinski definition) is 1. The molecule has 0 aliphatic heterocycles. The van der Waals surface area contributed by atoms with E-state index in [4.69, 9.17) is 19.6 Å². The molecule has 0 unspecified atom stereocenters. The van der Waals surface area contributed by atoms with Crippen LogP contribution in [0, 0.1) is 0 Å². The van der Waals surface area contributed by atoms with Crippen molar-refractivity contribution in [2.24, 2.45) is 5.73 Å². The van der Waals surface area contributed by atoms with Gasteiger partial charge in [0.05, 0.1) is 0 Å². The van der Waals surface area contributed by atoms with Crippen LogP contribution in [0.25, 0.3) is 0 Å². The Balaban J connectivity index is 4.07. The molecule has 0 saturated heterocycles. The van der Waals surface area contributed by atoms with Gasteiger partial charge in [-0.15, -0.1) is 0 Å². The van der Waals surface area contributed by atoms with Crippen LogP contribution < -0.4 is 5.73 Å². The van der Waals surface area contributed by atoms with Gasteiger partial charge in [-0.05, 0) is 13.8 Å². The Morgan fingerprint density at radius 2 is 1.77 bits per heavy atom. The van der Waals surface area contributed by atoms with Crippen molar-refractivity contribution in [2.75, 3.05) is 26.9 Å². The minimum atomic E-state index is -0.592. The minimum absolute atomic E-state index is 0.394. The zero-order valence-electron chi connectivity index (χ0n) is 8.84. The first-order valence-electron chi connectivity index (χ1n) is 4.71. The monoisotopic (exact) mass is 207 g/mol. The fourth-order valence-corrected chi connectivity index (χ4v) is 2.20. The normalized spacial score (nSPS) is 12.9. The highest BCUT2D eigenvalue weighted by Gasteiger charge is 2.29. The lowest BCUT2D eigenvalue weighted by molar-refractivity contribution is -0.213. The molecule has 0 aromatic heterocycles. The Kier molecular flexibility index (Phi) is 7.49. The highest BCUT2D eigenvalue weighted by Crippen LogP contribution is 2.17. The topological polar surface area (TPSA) is 53.7 Å². The molecule has 5 heteroatoms. The lowest BCUT2D eigenvalue weighted by Gasteiger charge is -2.31. The third-order valence-electron chi connectivity index (χ3n) is 1.81. The van der Waals surface area contributed by atoms with Crippen molar-refractivity contribution < 1.29 is 13.9 Å². The van der Waals surface area contributed by atoms with Crippen LogP contribution in [0.5, 0.6) is 0 Å². The van der Waals surface area contributed by atoms with E-state index in [0.29, 0.717) is 19.8 Å². The van der Waals surface area contributed by atoms with E-state index in [1.807, 2.05) is 13.8 Å². The molecule has 2 N–H and O–H groups in total. The average molecular weight is 207 g/mol. The second-order valence-corrected chi connectivity index (χ2v) is 4.21. The van der Waals surface area contributed by atoms with Gasteiger partial charge in [0.15, 0.2) is 15.6 Å². The molecule has 13 heavy (non-hydrogen) atoms. The fourth-order valence-electron chi connectivity index (χ4n) is 1.19. The van der Waals surface area contributed by atoms with Crippen LogP contribution in [0.3, 0.4) is 0 Å². The van der Waals surface area contributed by atoms with E-state index in [2.05, 4.69) is 0 Å². The highest BCUT2D eigenvalue weighted by atomic mass is 28.2. The Hall–Kier alpha value is 0.0569. The third-order valence-corrected chi connectivity index (χ3v) is 3.19. The Morgan fingerprint density at radius 3 is 2.08 bits per heavy atom. The SMILES string of the molecule is CCOC(CN)(C[SiH2]OC)OCC. The van der Waals surface area contributed by atoms with Gasteiger partial charge in [0.1, 0.15) is 0 Å². The molecule has 0 amide bonds. The van der Waals surface area contributed by atoms with Crippen LogP contribution in [0.2, 0.25) is 6.04 Å². The smallest absolute Gasteiger partial charge is 0.179 e. The molecule has 0 radical (unpaired) electrons. The van der Waals surface area contributed by atoms with Gasteiger partial charge in [-0.25, -0.2) is 0 Å². The summed E-state index contributed by atoms with van der Waals surface area (Å²) in [7, 11) is 1.15. The summed E-state index contributed by atoms with van der Waals surface area (Å²) in [6.07, 6.45) is 0. The van der Waals surface area contributed by atoms with Gasteiger partial charge < -0.3 is 19.6 Å². The van der Waals surface area contributed by atoms with E-state index in [0.717, 1.165) is 6.04 Å². The summed E-state index contributed by atoms with van der Waals surface area (Å²) in [4.78, 5) is 0. The lowest BCUT2D eigenvalue weighted by Crippen LogP contribution is -2.44. The molecule has 0 spiro atoms. The summed E-state index contributed by atoms with van der Waals surface area (Å²) in [6.45, 7) is 5.52. The Bertz CT molecular complexity index is 118. The Labute approximate surface area is 82.7 Å². The molecule has 0 aromatic rings. The molecule has 0 aliphatic carbocycles. The third kappa shape index (κ3) is 4.73. The van der Waals surface area contributed by atoms with Crippen LogP contribution >= 0.6 is 0 Å². The Morgan fingerprint density at radius 1 is 1.23 bits per heavy atom. The van der Waals surface area contributed by atoms with Gasteiger partial charge in [-0.3, -0.25) is 0 Å². The first-order chi connectivity index (χ1) is 6.24. The maximum absolute atomic E-state index is 5.64. The zero-order chi connectivity index (χ0) is 10.2. The van der Waals surface area contributed by atoms with Gasteiger partial charge in [-0.2, -0.15) is 0 Å². The second-order valence-electron chi connectivity index (χ2n) is 2.72. The van der Waals surface area contributed by atoms with Crippen LogP contribution in [0.15, 0.2) is 0 Å². The molecule has 0 atom stereocenters. The minimum Gasteiger partial charge on any atom is -0.427 e. The molecular weight excluding hydrogens is 186 g/mol. The summed E-state index contributed by atoms with van der Waals surface area (Å²) in [5.74, 6) is -0.592. The molecular formula is C8H21NO3Si. The van der Waals surface area contributed by atoms with Gasteiger partial charge in [0.25, 0.3) is 0 Å². The fraction of sp³-hybridized carbons (Fsp3) is 1.00. The summed E-state index contributed by atoms with van der Waals surface area (Å²) >= 11 is 0. The predicted octanol–water partition coefficient (Wildman–Crippen LogP) is -0.137. The number of ether oxygens (including phenoxy) is 2. The van der Waals surface area contributed by atoms with Crippen LogP contribution in [-0.2, 0) is 13.9 Å². The second kappa shape index (κ2) is 7.46. The van der Waals surface area contributed by atoms with Crippen molar-refractivity contribution in [3.63, 3.8) is 0 Å². The molecule has 0 bridgehead atoms. The van der Waals surface area contributed by atoms with Crippen LogP contribution in [-0.4, -0.2) is 42.4 Å². The van der Waals surface area contributed by atoms with Crippen molar-refractivity contribution >= 4 is 9.76 Å². The predicted molar refractivity (Wildman–Crippen MR) is 55.4 cm³/mol. The van der Waals surface area contributed by atoms with E-state index >= 15 is 0 Å². The molecule has 0 rings (SSSR count). The molecule has 80 valence electrons. The van der Waals surface area contributed by atoms with Gasteiger partial charge in [-0.1, -0.05) is 0 Å². The van der Waals surface area contributed by atoms with E-state index in [1.165, 1.54) is 0 Å². The quantitative estimate of drug-likeness (QED) is 0.445. The summed E-state index contributed by atoms with van der Waals surface area (Å²) in [6, 6.07) is 0.807. The lowest BCUT2D eigenvalue weighted by atomic mass is 10.3. The zero-order valence-corrected chi connectivity index (χ0v) is 10.3. The maximum Gasteiger partial charge on any atom is 0.179 e. The number of nitrogens with two attached hydrogens (primary N) is 1. The van der Waals surface area contributed by atoms with E-state index in [1.54, 1.807) is 7.11 Å². The molecule has 0 fully saturated rings. The number of hydrogen-bond acceptors (Lipinski definition) is 4. The highest BCUT2D eigenvalue weighted by molar-refractivity contribution is 6.27. The van der Waals surface area contributed by atoms with Crippen LogP contribution in [0.1, 0.15) is 13.8 Å². The summed E-state index contributed by atoms with van der Waals surface area (Å²) in [5, 5.41) is 0. The summed E-state index contributed by atoms with van der Waals surface area (Å²) < 4.78 is 16.2. The first kappa shape index (κ1) is 13.1. The van der Waals surface area contributed by atoms with Crippen LogP contribution in [0.4, 0.5) is 0 Å².